The standard InChI is InChI=1S/CH6O3SSi/c2-5(3,4)1-6/h1H2,6H3,(H,2,3,4). The third kappa shape index (κ3) is 4.13. The largest absolute Gasteiger partial charge is 0.286 e. The molecule has 0 aromatic carbocycles. The van der Waals surface area contributed by atoms with E-state index in [9.17, 15) is 8.42 Å². The van der Waals surface area contributed by atoms with Gasteiger partial charge in [0.05, 0.1) is 5.38 Å². The molecule has 0 aliphatic heterocycles. The van der Waals surface area contributed by atoms with Crippen LogP contribution in [0.25, 0.3) is 0 Å². The predicted molar refractivity (Wildman–Crippen MR) is 26.4 cm³/mol. The molecule has 3 nitrogen and oxygen atoms in total. The van der Waals surface area contributed by atoms with Crippen molar-refractivity contribution in [2.75, 3.05) is 5.38 Å². The molecule has 0 unspecified atom stereocenters. The third-order valence-electron chi connectivity index (χ3n) is 0.365. The molecule has 0 radical (unpaired) electrons. The van der Waals surface area contributed by atoms with Crippen LogP contribution in [0.15, 0.2) is 0 Å². The Morgan fingerprint density at radius 2 is 1.83 bits per heavy atom. The van der Waals surface area contributed by atoms with Crippen LogP contribution in [0.5, 0.6) is 0 Å². The lowest BCUT2D eigenvalue weighted by Crippen LogP contribution is -2.01. The van der Waals surface area contributed by atoms with Crippen molar-refractivity contribution in [3.8, 4) is 0 Å². The van der Waals surface area contributed by atoms with Crippen molar-refractivity contribution in [2.24, 2.45) is 0 Å². The van der Waals surface area contributed by atoms with Crippen molar-refractivity contribution in [1.82, 2.24) is 0 Å². The minimum atomic E-state index is -3.60. The first-order valence-electron chi connectivity index (χ1n) is 1.51. The first-order chi connectivity index (χ1) is 2.56. The molecule has 0 aliphatic rings. The molecule has 0 aromatic rings. The molecule has 38 valence electrons. The van der Waals surface area contributed by atoms with Crippen molar-refractivity contribution in [3.05, 3.63) is 0 Å². The highest BCUT2D eigenvalue weighted by Crippen LogP contribution is 1.70. The van der Waals surface area contributed by atoms with Gasteiger partial charge in [0, 0.05) is 10.2 Å². The van der Waals surface area contributed by atoms with Crippen molar-refractivity contribution >= 4 is 20.4 Å². The highest BCUT2D eigenvalue weighted by Gasteiger charge is 1.93. The molecule has 6 heavy (non-hydrogen) atoms. The fourth-order valence-corrected chi connectivity index (χ4v) is 0. The summed E-state index contributed by atoms with van der Waals surface area (Å²) in [5.74, 6) is 0. The first-order valence-corrected chi connectivity index (χ1v) is 4.54. The van der Waals surface area contributed by atoms with Crippen LogP contribution in [-0.2, 0) is 10.1 Å². The van der Waals surface area contributed by atoms with Gasteiger partial charge < -0.3 is 0 Å². The molecule has 0 amide bonds. The number of hydrogen-bond acceptors (Lipinski definition) is 2. The Morgan fingerprint density at radius 3 is 1.83 bits per heavy atom. The normalized spacial score (nSPS) is 12.2. The zero-order valence-electron chi connectivity index (χ0n) is 3.38. The SMILES string of the molecule is O=S(=O)(O)C[SiH3]. The Balaban J connectivity index is 3.85. The van der Waals surface area contributed by atoms with E-state index in [1.165, 1.54) is 0 Å². The van der Waals surface area contributed by atoms with Gasteiger partial charge in [0.15, 0.2) is 0 Å². The van der Waals surface area contributed by atoms with E-state index < -0.39 is 10.1 Å². The fourth-order valence-electron chi connectivity index (χ4n) is 0. The zero-order chi connectivity index (χ0) is 5.21. The molecule has 0 saturated carbocycles. The van der Waals surface area contributed by atoms with E-state index in [0.29, 0.717) is 10.2 Å². The summed E-state index contributed by atoms with van der Waals surface area (Å²) in [5, 5.41) is -0.0625. The minimum Gasteiger partial charge on any atom is -0.286 e. The van der Waals surface area contributed by atoms with Gasteiger partial charge in [0.1, 0.15) is 0 Å². The smallest absolute Gasteiger partial charge is 0.261 e. The zero-order valence-corrected chi connectivity index (χ0v) is 6.20. The Bertz CT molecular complexity index is 113. The lowest BCUT2D eigenvalue weighted by Gasteiger charge is -1.79. The number of rotatable bonds is 1. The Kier molecular flexibility index (Phi) is 1.76. The van der Waals surface area contributed by atoms with E-state index in [1.807, 2.05) is 0 Å². The van der Waals surface area contributed by atoms with E-state index in [2.05, 4.69) is 0 Å². The second kappa shape index (κ2) is 1.72. The molecule has 0 aromatic heterocycles. The van der Waals surface area contributed by atoms with Gasteiger partial charge in [-0.15, -0.1) is 0 Å². The maximum atomic E-state index is 9.59. The molecule has 0 atom stereocenters. The highest BCUT2D eigenvalue weighted by molar-refractivity contribution is 7.86. The van der Waals surface area contributed by atoms with Crippen LogP contribution in [-0.4, -0.2) is 28.6 Å². The summed E-state index contributed by atoms with van der Waals surface area (Å²) in [4.78, 5) is 0. The maximum Gasteiger partial charge on any atom is 0.261 e. The predicted octanol–water partition coefficient (Wildman–Crippen LogP) is -1.80. The van der Waals surface area contributed by atoms with Gasteiger partial charge in [-0.3, -0.25) is 4.55 Å². The average molecular weight is 126 g/mol. The molecule has 0 heterocycles. The Hall–Kier alpha value is 0.127. The van der Waals surface area contributed by atoms with Crippen LogP contribution in [0.2, 0.25) is 0 Å². The molecule has 1 N–H and O–H groups in total. The van der Waals surface area contributed by atoms with Gasteiger partial charge in [-0.2, -0.15) is 8.42 Å². The van der Waals surface area contributed by atoms with Crippen molar-refractivity contribution in [2.45, 2.75) is 0 Å². The molecular formula is CH6O3SSi. The summed E-state index contributed by atoms with van der Waals surface area (Å²) in [6.07, 6.45) is 0. The van der Waals surface area contributed by atoms with Crippen molar-refractivity contribution in [3.63, 3.8) is 0 Å². The molecule has 5 heteroatoms. The topological polar surface area (TPSA) is 54.4 Å². The summed E-state index contributed by atoms with van der Waals surface area (Å²) < 4.78 is 27.0. The number of hydrogen-bond donors (Lipinski definition) is 1. The summed E-state index contributed by atoms with van der Waals surface area (Å²) in [5.41, 5.74) is 0. The van der Waals surface area contributed by atoms with Gasteiger partial charge in [-0.1, -0.05) is 0 Å². The van der Waals surface area contributed by atoms with Crippen LogP contribution >= 0.6 is 0 Å². The molecule has 0 aliphatic carbocycles. The summed E-state index contributed by atoms with van der Waals surface area (Å²) >= 11 is 0. The molecular weight excluding hydrogens is 120 g/mol. The van der Waals surface area contributed by atoms with Crippen LogP contribution in [0.4, 0.5) is 0 Å². The molecule has 0 fully saturated rings. The molecule has 0 saturated heterocycles. The lowest BCUT2D eigenvalue weighted by atomic mass is 11.9. The minimum absolute atomic E-state index is 0.0625. The quantitative estimate of drug-likeness (QED) is 0.333. The highest BCUT2D eigenvalue weighted by atomic mass is 32.2. The van der Waals surface area contributed by atoms with E-state index in [0.717, 1.165) is 0 Å². The van der Waals surface area contributed by atoms with Gasteiger partial charge in [0.2, 0.25) is 0 Å². The summed E-state index contributed by atoms with van der Waals surface area (Å²) in [6, 6.07) is 0. The fraction of sp³-hybridized carbons (Fsp3) is 1.00. The molecule has 0 spiro atoms. The second-order valence-electron chi connectivity index (χ2n) is 0.871. The summed E-state index contributed by atoms with van der Waals surface area (Å²) in [6.45, 7) is 0. The van der Waals surface area contributed by atoms with E-state index in [1.54, 1.807) is 0 Å². The third-order valence-corrected chi connectivity index (χ3v) is 3.28. The summed E-state index contributed by atoms with van der Waals surface area (Å²) in [7, 11) is -3.09. The van der Waals surface area contributed by atoms with E-state index >= 15 is 0 Å². The van der Waals surface area contributed by atoms with Crippen LogP contribution in [0.3, 0.4) is 0 Å². The van der Waals surface area contributed by atoms with Crippen molar-refractivity contribution in [1.29, 1.82) is 0 Å². The monoisotopic (exact) mass is 126 g/mol. The average Bonchev–Trinajstić information content (AvgIpc) is 1.35. The van der Waals surface area contributed by atoms with Crippen molar-refractivity contribution < 1.29 is 13.0 Å². The van der Waals surface area contributed by atoms with Gasteiger partial charge in [-0.05, 0) is 0 Å². The van der Waals surface area contributed by atoms with Gasteiger partial charge >= 0.3 is 0 Å². The Morgan fingerprint density at radius 1 is 1.67 bits per heavy atom. The maximum absolute atomic E-state index is 9.59. The van der Waals surface area contributed by atoms with Gasteiger partial charge in [-0.25, -0.2) is 0 Å². The van der Waals surface area contributed by atoms with Crippen LogP contribution in [0.1, 0.15) is 0 Å². The van der Waals surface area contributed by atoms with Crippen LogP contribution in [0, 0.1) is 0 Å². The first kappa shape index (κ1) is 6.13. The molecule has 0 bridgehead atoms. The van der Waals surface area contributed by atoms with E-state index in [-0.39, 0.29) is 5.38 Å². The molecule has 0 rings (SSSR count). The Labute approximate surface area is 39.5 Å². The van der Waals surface area contributed by atoms with E-state index in [4.69, 9.17) is 4.55 Å². The van der Waals surface area contributed by atoms with Gasteiger partial charge in [0.25, 0.3) is 10.1 Å². The second-order valence-corrected chi connectivity index (χ2v) is 4.34. The van der Waals surface area contributed by atoms with Crippen LogP contribution < -0.4 is 0 Å². The lowest BCUT2D eigenvalue weighted by molar-refractivity contribution is 0.488.